The Bertz CT molecular complexity index is 325. The van der Waals surface area contributed by atoms with Crippen LogP contribution in [-0.4, -0.2) is 29.3 Å². The van der Waals surface area contributed by atoms with E-state index in [1.54, 1.807) is 24.3 Å². The van der Waals surface area contributed by atoms with Crippen molar-refractivity contribution in [2.75, 3.05) is 18.5 Å². The summed E-state index contributed by atoms with van der Waals surface area (Å²) in [4.78, 5) is 10.8. The van der Waals surface area contributed by atoms with Crippen molar-refractivity contribution in [1.82, 2.24) is 0 Å². The van der Waals surface area contributed by atoms with Gasteiger partial charge in [-0.05, 0) is 25.0 Å². The number of hydrogen-bond donors (Lipinski definition) is 3. The normalized spacial score (nSPS) is 9.93. The summed E-state index contributed by atoms with van der Waals surface area (Å²) in [6, 6.07) is 6.79. The van der Waals surface area contributed by atoms with Crippen LogP contribution in [0.3, 0.4) is 0 Å². The third-order valence-electron chi connectivity index (χ3n) is 2.06. The Kier molecular flexibility index (Phi) is 4.63. The lowest BCUT2D eigenvalue weighted by molar-refractivity contribution is 0.0698. The first kappa shape index (κ1) is 11.5. The number of anilines is 1. The molecule has 4 heteroatoms. The molecule has 0 saturated carbocycles. The number of benzene rings is 1. The number of aromatic carboxylic acids is 1. The van der Waals surface area contributed by atoms with Crippen LogP contribution >= 0.6 is 0 Å². The fraction of sp³-hybridized carbons (Fsp3) is 0.364. The molecule has 0 radical (unpaired) electrons. The Morgan fingerprint density at radius 1 is 1.27 bits per heavy atom. The van der Waals surface area contributed by atoms with Gasteiger partial charge in [-0.2, -0.15) is 0 Å². The van der Waals surface area contributed by atoms with Crippen LogP contribution in [0.2, 0.25) is 0 Å². The third-order valence-corrected chi connectivity index (χ3v) is 2.06. The first-order valence-electron chi connectivity index (χ1n) is 4.92. The van der Waals surface area contributed by atoms with Crippen molar-refractivity contribution in [2.45, 2.75) is 12.8 Å². The monoisotopic (exact) mass is 209 g/mol. The average molecular weight is 209 g/mol. The fourth-order valence-electron chi connectivity index (χ4n) is 1.28. The van der Waals surface area contributed by atoms with Crippen LogP contribution in [0.25, 0.3) is 0 Å². The summed E-state index contributed by atoms with van der Waals surface area (Å²) in [5, 5.41) is 20.5. The van der Waals surface area contributed by atoms with Crippen molar-refractivity contribution in [3.05, 3.63) is 29.8 Å². The highest BCUT2D eigenvalue weighted by atomic mass is 16.4. The summed E-state index contributed by atoms with van der Waals surface area (Å²) in [6.07, 6.45) is 1.55. The van der Waals surface area contributed by atoms with E-state index in [4.69, 9.17) is 10.2 Å². The minimum absolute atomic E-state index is 0.169. The van der Waals surface area contributed by atoms with Gasteiger partial charge in [0.1, 0.15) is 0 Å². The Labute approximate surface area is 88.6 Å². The highest BCUT2D eigenvalue weighted by molar-refractivity contribution is 5.94. The van der Waals surface area contributed by atoms with Gasteiger partial charge in [0, 0.05) is 18.8 Å². The molecular formula is C11H15NO3. The van der Waals surface area contributed by atoms with E-state index in [1.807, 2.05) is 0 Å². The molecule has 0 aromatic heterocycles. The van der Waals surface area contributed by atoms with Crippen LogP contribution < -0.4 is 5.32 Å². The van der Waals surface area contributed by atoms with Gasteiger partial charge in [-0.1, -0.05) is 12.1 Å². The molecular weight excluding hydrogens is 194 g/mol. The zero-order chi connectivity index (χ0) is 11.1. The molecule has 4 nitrogen and oxygen atoms in total. The minimum atomic E-state index is -0.930. The zero-order valence-corrected chi connectivity index (χ0v) is 8.44. The van der Waals surface area contributed by atoms with Gasteiger partial charge >= 0.3 is 5.97 Å². The third kappa shape index (κ3) is 3.59. The van der Waals surface area contributed by atoms with Crippen molar-refractivity contribution in [3.8, 4) is 0 Å². The smallest absolute Gasteiger partial charge is 0.337 e. The van der Waals surface area contributed by atoms with E-state index in [9.17, 15) is 4.79 Å². The quantitative estimate of drug-likeness (QED) is 0.622. The van der Waals surface area contributed by atoms with Crippen LogP contribution in [0, 0.1) is 0 Å². The first-order valence-corrected chi connectivity index (χ1v) is 4.92. The second kappa shape index (κ2) is 6.03. The van der Waals surface area contributed by atoms with E-state index >= 15 is 0 Å². The van der Waals surface area contributed by atoms with Crippen molar-refractivity contribution < 1.29 is 15.0 Å². The number of carboxylic acid groups (broad SMARTS) is 1. The molecule has 15 heavy (non-hydrogen) atoms. The molecule has 0 saturated heterocycles. The van der Waals surface area contributed by atoms with Gasteiger partial charge < -0.3 is 15.5 Å². The second-order valence-corrected chi connectivity index (χ2v) is 3.21. The lowest BCUT2D eigenvalue weighted by Gasteiger charge is -2.08. The Morgan fingerprint density at radius 3 is 2.67 bits per heavy atom. The molecule has 82 valence electrons. The highest BCUT2D eigenvalue weighted by Gasteiger charge is 2.07. The minimum Gasteiger partial charge on any atom is -0.478 e. The molecule has 0 aliphatic rings. The van der Waals surface area contributed by atoms with Gasteiger partial charge in [0.2, 0.25) is 0 Å². The van der Waals surface area contributed by atoms with E-state index < -0.39 is 5.97 Å². The van der Waals surface area contributed by atoms with Gasteiger partial charge in [-0.25, -0.2) is 4.79 Å². The predicted molar refractivity (Wildman–Crippen MR) is 58.2 cm³/mol. The van der Waals surface area contributed by atoms with Crippen molar-refractivity contribution >= 4 is 11.7 Å². The average Bonchev–Trinajstić information content (AvgIpc) is 2.25. The molecule has 0 unspecified atom stereocenters. The number of para-hydroxylation sites is 1. The number of hydrogen-bond acceptors (Lipinski definition) is 3. The van der Waals surface area contributed by atoms with Crippen molar-refractivity contribution in [3.63, 3.8) is 0 Å². The molecule has 0 spiro atoms. The lowest BCUT2D eigenvalue weighted by Crippen LogP contribution is -2.07. The largest absolute Gasteiger partial charge is 0.478 e. The molecule has 0 heterocycles. The number of carboxylic acids is 1. The molecule has 1 aromatic carbocycles. The topological polar surface area (TPSA) is 69.6 Å². The van der Waals surface area contributed by atoms with Gasteiger partial charge in [0.05, 0.1) is 5.56 Å². The van der Waals surface area contributed by atoms with Crippen LogP contribution in [0.15, 0.2) is 24.3 Å². The first-order chi connectivity index (χ1) is 7.25. The summed E-state index contributed by atoms with van der Waals surface area (Å²) < 4.78 is 0. The van der Waals surface area contributed by atoms with Gasteiger partial charge in [0.25, 0.3) is 0 Å². The van der Waals surface area contributed by atoms with Crippen molar-refractivity contribution in [2.24, 2.45) is 0 Å². The van der Waals surface area contributed by atoms with E-state index in [2.05, 4.69) is 5.32 Å². The maximum atomic E-state index is 10.8. The summed E-state index contributed by atoms with van der Waals surface area (Å²) in [5.74, 6) is -0.930. The summed E-state index contributed by atoms with van der Waals surface area (Å²) >= 11 is 0. The molecule has 0 atom stereocenters. The summed E-state index contributed by atoms with van der Waals surface area (Å²) in [5.41, 5.74) is 0.907. The van der Waals surface area contributed by atoms with E-state index in [0.29, 0.717) is 12.2 Å². The maximum absolute atomic E-state index is 10.8. The molecule has 1 rings (SSSR count). The fourth-order valence-corrected chi connectivity index (χ4v) is 1.28. The standard InChI is InChI=1S/C11H15NO3/c13-8-4-3-7-12-10-6-2-1-5-9(10)11(14)15/h1-2,5-6,12-13H,3-4,7-8H2,(H,14,15). The molecule has 0 amide bonds. The number of carbonyl (C=O) groups is 1. The van der Waals surface area contributed by atoms with Crippen LogP contribution in [0.1, 0.15) is 23.2 Å². The van der Waals surface area contributed by atoms with Crippen LogP contribution in [0.5, 0.6) is 0 Å². The molecule has 0 aliphatic heterocycles. The van der Waals surface area contributed by atoms with E-state index in [-0.39, 0.29) is 12.2 Å². The molecule has 0 aliphatic carbocycles. The number of aliphatic hydroxyl groups is 1. The maximum Gasteiger partial charge on any atom is 0.337 e. The van der Waals surface area contributed by atoms with Gasteiger partial charge in [0.15, 0.2) is 0 Å². The number of aliphatic hydroxyl groups excluding tert-OH is 1. The lowest BCUT2D eigenvalue weighted by atomic mass is 10.2. The Hall–Kier alpha value is -1.55. The van der Waals surface area contributed by atoms with Gasteiger partial charge in [-0.15, -0.1) is 0 Å². The molecule has 0 fully saturated rings. The molecule has 3 N–H and O–H groups in total. The highest BCUT2D eigenvalue weighted by Crippen LogP contribution is 2.14. The van der Waals surface area contributed by atoms with Crippen LogP contribution in [0.4, 0.5) is 5.69 Å². The number of unbranched alkanes of at least 4 members (excludes halogenated alkanes) is 1. The van der Waals surface area contributed by atoms with Crippen LogP contribution in [-0.2, 0) is 0 Å². The Morgan fingerprint density at radius 2 is 2.00 bits per heavy atom. The van der Waals surface area contributed by atoms with E-state index in [1.165, 1.54) is 0 Å². The van der Waals surface area contributed by atoms with Gasteiger partial charge in [-0.3, -0.25) is 0 Å². The molecule has 1 aromatic rings. The SMILES string of the molecule is O=C(O)c1ccccc1NCCCCO. The Balaban J connectivity index is 2.56. The summed E-state index contributed by atoms with van der Waals surface area (Å²) in [6.45, 7) is 0.840. The number of rotatable bonds is 6. The predicted octanol–water partition coefficient (Wildman–Crippen LogP) is 1.57. The van der Waals surface area contributed by atoms with Crippen molar-refractivity contribution in [1.29, 1.82) is 0 Å². The van der Waals surface area contributed by atoms with E-state index in [0.717, 1.165) is 12.8 Å². The zero-order valence-electron chi connectivity index (χ0n) is 8.44. The molecule has 0 bridgehead atoms. The second-order valence-electron chi connectivity index (χ2n) is 3.21. The summed E-state index contributed by atoms with van der Waals surface area (Å²) in [7, 11) is 0. The number of nitrogens with one attached hydrogen (secondary N) is 1.